The van der Waals surface area contributed by atoms with Gasteiger partial charge in [0, 0.05) is 11.4 Å². The van der Waals surface area contributed by atoms with Gasteiger partial charge >= 0.3 is 0 Å². The first-order valence-corrected chi connectivity index (χ1v) is 10.3. The Labute approximate surface area is 158 Å². The number of nitrogens with one attached hydrogen (secondary N) is 1. The number of fused-ring (bicyclic) bond motifs is 1. The highest BCUT2D eigenvalue weighted by Crippen LogP contribution is 2.30. The number of nitrogens with zero attached hydrogens (tertiary/aromatic N) is 2. The molecule has 2 heterocycles. The van der Waals surface area contributed by atoms with Crippen LogP contribution in [0.2, 0.25) is 0 Å². The van der Waals surface area contributed by atoms with Crippen molar-refractivity contribution in [3.8, 4) is 5.69 Å². The van der Waals surface area contributed by atoms with E-state index in [0.717, 1.165) is 39.3 Å². The molecule has 0 unspecified atom stereocenters. The third kappa shape index (κ3) is 3.40. The quantitative estimate of drug-likeness (QED) is 0.650. The third-order valence-corrected chi connectivity index (χ3v) is 6.35. The lowest BCUT2D eigenvalue weighted by atomic mass is 10.1. The van der Waals surface area contributed by atoms with Crippen LogP contribution in [0.3, 0.4) is 0 Å². The molecule has 1 saturated carbocycles. The highest BCUT2D eigenvalue weighted by Gasteiger charge is 2.20. The number of amides is 1. The maximum atomic E-state index is 12.8. The molecule has 1 aliphatic carbocycles. The number of hydrogen-bond donors (Lipinski definition) is 1. The molecule has 0 spiro atoms. The number of carbonyl (C=O) groups is 1. The molecule has 1 amide bonds. The predicted octanol–water partition coefficient (Wildman–Crippen LogP) is 5.16. The summed E-state index contributed by atoms with van der Waals surface area (Å²) < 4.78 is 1.96. The summed E-state index contributed by atoms with van der Waals surface area (Å²) in [4.78, 5) is 14.6. The standard InChI is InChI=1S/C21H25N3OS/c1-14-9-11-17(12-10-14)24-21-18(15(2)23-24)13-19(26-21)20(25)22-16-7-5-3-4-6-8-16/h9-13,16H,3-8H2,1-2H3,(H,22,25). The molecule has 1 fully saturated rings. The van der Waals surface area contributed by atoms with Crippen molar-refractivity contribution in [3.05, 3.63) is 46.5 Å². The molecule has 0 atom stereocenters. The first-order chi connectivity index (χ1) is 12.6. The van der Waals surface area contributed by atoms with Gasteiger partial charge in [0.05, 0.1) is 16.3 Å². The van der Waals surface area contributed by atoms with Crippen molar-refractivity contribution < 1.29 is 4.79 Å². The molecule has 0 radical (unpaired) electrons. The molecule has 26 heavy (non-hydrogen) atoms. The van der Waals surface area contributed by atoms with E-state index in [0.29, 0.717) is 6.04 Å². The summed E-state index contributed by atoms with van der Waals surface area (Å²) in [7, 11) is 0. The van der Waals surface area contributed by atoms with Crippen LogP contribution < -0.4 is 5.32 Å². The van der Waals surface area contributed by atoms with Gasteiger partial charge in [-0.25, -0.2) is 4.68 Å². The van der Waals surface area contributed by atoms with E-state index < -0.39 is 0 Å². The highest BCUT2D eigenvalue weighted by molar-refractivity contribution is 7.20. The molecule has 4 nitrogen and oxygen atoms in total. The van der Waals surface area contributed by atoms with Crippen molar-refractivity contribution in [2.45, 2.75) is 58.4 Å². The van der Waals surface area contributed by atoms with E-state index in [9.17, 15) is 4.79 Å². The zero-order chi connectivity index (χ0) is 18.1. The Bertz CT molecular complexity index is 915. The zero-order valence-corrected chi connectivity index (χ0v) is 16.2. The van der Waals surface area contributed by atoms with Gasteiger partial charge in [0.1, 0.15) is 4.83 Å². The molecular formula is C21H25N3OS. The molecule has 1 N–H and O–H groups in total. The lowest BCUT2D eigenvalue weighted by molar-refractivity contribution is 0.0937. The number of thiophene rings is 1. The van der Waals surface area contributed by atoms with Crippen molar-refractivity contribution in [1.29, 1.82) is 0 Å². The minimum Gasteiger partial charge on any atom is -0.349 e. The monoisotopic (exact) mass is 367 g/mol. The van der Waals surface area contributed by atoms with Gasteiger partial charge in [-0.15, -0.1) is 11.3 Å². The van der Waals surface area contributed by atoms with Gasteiger partial charge in [-0.1, -0.05) is 43.4 Å². The Morgan fingerprint density at radius 3 is 2.50 bits per heavy atom. The van der Waals surface area contributed by atoms with Crippen LogP contribution in [0.4, 0.5) is 0 Å². The van der Waals surface area contributed by atoms with Gasteiger partial charge in [-0.2, -0.15) is 5.10 Å². The molecule has 136 valence electrons. The molecule has 0 saturated heterocycles. The summed E-state index contributed by atoms with van der Waals surface area (Å²) in [5, 5.41) is 9.00. The number of carbonyl (C=O) groups excluding carboxylic acids is 1. The van der Waals surface area contributed by atoms with Crippen LogP contribution in [0.15, 0.2) is 30.3 Å². The second kappa shape index (κ2) is 7.23. The number of benzene rings is 1. The molecule has 1 aromatic carbocycles. The fraction of sp³-hybridized carbons (Fsp3) is 0.429. The second-order valence-electron chi connectivity index (χ2n) is 7.32. The molecule has 4 rings (SSSR count). The van der Waals surface area contributed by atoms with E-state index in [-0.39, 0.29) is 5.91 Å². The van der Waals surface area contributed by atoms with Crippen LogP contribution >= 0.6 is 11.3 Å². The molecule has 0 bridgehead atoms. The first-order valence-electron chi connectivity index (χ1n) is 9.49. The first kappa shape index (κ1) is 17.3. The topological polar surface area (TPSA) is 46.9 Å². The van der Waals surface area contributed by atoms with E-state index in [1.807, 2.05) is 17.7 Å². The maximum Gasteiger partial charge on any atom is 0.261 e. The van der Waals surface area contributed by atoms with E-state index in [1.165, 1.54) is 42.6 Å². The summed E-state index contributed by atoms with van der Waals surface area (Å²) in [6.07, 6.45) is 7.24. The fourth-order valence-electron chi connectivity index (χ4n) is 3.70. The Morgan fingerprint density at radius 1 is 1.12 bits per heavy atom. The van der Waals surface area contributed by atoms with Crippen LogP contribution in [0, 0.1) is 13.8 Å². The number of aromatic nitrogens is 2. The minimum atomic E-state index is 0.0629. The van der Waals surface area contributed by atoms with Gasteiger partial charge in [-0.3, -0.25) is 4.79 Å². The van der Waals surface area contributed by atoms with Crippen molar-refractivity contribution in [3.63, 3.8) is 0 Å². The molecular weight excluding hydrogens is 342 g/mol. The smallest absolute Gasteiger partial charge is 0.261 e. The lowest BCUT2D eigenvalue weighted by Crippen LogP contribution is -2.33. The number of rotatable bonds is 3. The largest absolute Gasteiger partial charge is 0.349 e. The summed E-state index contributed by atoms with van der Waals surface area (Å²) >= 11 is 1.53. The molecule has 0 aliphatic heterocycles. The lowest BCUT2D eigenvalue weighted by Gasteiger charge is -2.15. The second-order valence-corrected chi connectivity index (χ2v) is 8.35. The fourth-order valence-corrected chi connectivity index (χ4v) is 4.79. The van der Waals surface area contributed by atoms with Crippen molar-refractivity contribution in [1.82, 2.24) is 15.1 Å². The molecule has 2 aromatic heterocycles. The van der Waals surface area contributed by atoms with Crippen molar-refractivity contribution in [2.75, 3.05) is 0 Å². The zero-order valence-electron chi connectivity index (χ0n) is 15.4. The molecule has 3 aromatic rings. The predicted molar refractivity (Wildman–Crippen MR) is 107 cm³/mol. The summed E-state index contributed by atoms with van der Waals surface area (Å²) in [5.41, 5.74) is 3.22. The van der Waals surface area contributed by atoms with Crippen LogP contribution in [0.25, 0.3) is 15.9 Å². The molecule has 1 aliphatic rings. The Balaban J connectivity index is 1.62. The maximum absolute atomic E-state index is 12.8. The van der Waals surface area contributed by atoms with Crippen LogP contribution in [-0.2, 0) is 0 Å². The number of hydrogen-bond acceptors (Lipinski definition) is 3. The molecule has 5 heteroatoms. The van der Waals surface area contributed by atoms with Gasteiger partial charge in [0.25, 0.3) is 5.91 Å². The van der Waals surface area contributed by atoms with E-state index >= 15 is 0 Å². The highest BCUT2D eigenvalue weighted by atomic mass is 32.1. The van der Waals surface area contributed by atoms with Crippen LogP contribution in [0.1, 0.15) is 59.5 Å². The van der Waals surface area contributed by atoms with E-state index in [1.54, 1.807) is 0 Å². The van der Waals surface area contributed by atoms with Gasteiger partial charge in [0.15, 0.2) is 0 Å². The Hall–Kier alpha value is -2.14. The minimum absolute atomic E-state index is 0.0629. The van der Waals surface area contributed by atoms with E-state index in [2.05, 4.69) is 41.6 Å². The van der Waals surface area contributed by atoms with Gasteiger partial charge < -0.3 is 5.32 Å². The van der Waals surface area contributed by atoms with Crippen LogP contribution in [-0.4, -0.2) is 21.7 Å². The van der Waals surface area contributed by atoms with Crippen molar-refractivity contribution in [2.24, 2.45) is 0 Å². The van der Waals surface area contributed by atoms with Gasteiger partial charge in [-0.05, 0) is 44.9 Å². The Kier molecular flexibility index (Phi) is 4.81. The normalized spacial score (nSPS) is 15.9. The third-order valence-electron chi connectivity index (χ3n) is 5.24. The SMILES string of the molecule is Cc1ccc(-n2nc(C)c3cc(C(=O)NC4CCCCCC4)sc32)cc1. The average molecular weight is 368 g/mol. The summed E-state index contributed by atoms with van der Waals surface area (Å²) in [5.74, 6) is 0.0629. The number of aryl methyl sites for hydroxylation is 2. The summed E-state index contributed by atoms with van der Waals surface area (Å²) in [6.45, 7) is 4.08. The van der Waals surface area contributed by atoms with Crippen molar-refractivity contribution >= 4 is 27.5 Å². The Morgan fingerprint density at radius 2 is 1.81 bits per heavy atom. The summed E-state index contributed by atoms with van der Waals surface area (Å²) in [6, 6.07) is 10.7. The van der Waals surface area contributed by atoms with Gasteiger partial charge in [0.2, 0.25) is 0 Å². The van der Waals surface area contributed by atoms with Crippen LogP contribution in [0.5, 0.6) is 0 Å². The average Bonchev–Trinajstić information content (AvgIpc) is 3.09. The van der Waals surface area contributed by atoms with E-state index in [4.69, 9.17) is 0 Å².